The molecule has 0 amide bonds. The summed E-state index contributed by atoms with van der Waals surface area (Å²) in [5, 5.41) is 22.7. The van der Waals surface area contributed by atoms with E-state index in [9.17, 15) is 10.2 Å². The molecule has 0 atom stereocenters. The molecule has 1 fully saturated rings. The van der Waals surface area contributed by atoms with E-state index in [0.717, 1.165) is 10.0 Å². The van der Waals surface area contributed by atoms with E-state index >= 15 is 0 Å². The zero-order chi connectivity index (χ0) is 11.8. The zero-order valence-corrected chi connectivity index (χ0v) is 10.5. The SMILES string of the molecule is COc1cc(Br)c(CC2(O)CNC2)cc1O. The summed E-state index contributed by atoms with van der Waals surface area (Å²) >= 11 is 3.41. The second-order valence-electron chi connectivity index (χ2n) is 4.12. The zero-order valence-electron chi connectivity index (χ0n) is 8.96. The van der Waals surface area contributed by atoms with E-state index in [0.29, 0.717) is 25.3 Å². The summed E-state index contributed by atoms with van der Waals surface area (Å²) in [4.78, 5) is 0. The number of methoxy groups -OCH3 is 1. The van der Waals surface area contributed by atoms with E-state index in [4.69, 9.17) is 4.74 Å². The predicted molar refractivity (Wildman–Crippen MR) is 63.9 cm³/mol. The number of phenols is 1. The van der Waals surface area contributed by atoms with Crippen LogP contribution in [-0.4, -0.2) is 36.0 Å². The van der Waals surface area contributed by atoms with Gasteiger partial charge in [0.05, 0.1) is 12.7 Å². The molecule has 0 radical (unpaired) electrons. The molecule has 1 aliphatic rings. The van der Waals surface area contributed by atoms with Crippen molar-refractivity contribution in [2.75, 3.05) is 20.2 Å². The van der Waals surface area contributed by atoms with Gasteiger partial charge in [0.1, 0.15) is 0 Å². The number of aliphatic hydroxyl groups is 1. The lowest BCUT2D eigenvalue weighted by Crippen LogP contribution is -2.60. The van der Waals surface area contributed by atoms with Gasteiger partial charge in [-0.2, -0.15) is 0 Å². The predicted octanol–water partition coefficient (Wildman–Crippen LogP) is 1.04. The van der Waals surface area contributed by atoms with Crippen LogP contribution in [0.5, 0.6) is 11.5 Å². The molecule has 1 aromatic rings. The number of benzene rings is 1. The monoisotopic (exact) mass is 287 g/mol. The molecule has 3 N–H and O–H groups in total. The van der Waals surface area contributed by atoms with Crippen molar-refractivity contribution in [3.8, 4) is 11.5 Å². The van der Waals surface area contributed by atoms with Crippen molar-refractivity contribution < 1.29 is 14.9 Å². The summed E-state index contributed by atoms with van der Waals surface area (Å²) in [5.74, 6) is 0.519. The molecule has 1 aliphatic heterocycles. The van der Waals surface area contributed by atoms with E-state index in [-0.39, 0.29) is 5.75 Å². The number of ether oxygens (including phenoxy) is 1. The lowest BCUT2D eigenvalue weighted by Gasteiger charge is -2.38. The van der Waals surface area contributed by atoms with Crippen molar-refractivity contribution in [1.29, 1.82) is 0 Å². The second kappa shape index (κ2) is 4.24. The highest BCUT2D eigenvalue weighted by Gasteiger charge is 2.34. The number of β-amino-alcohol motifs (C(OH)–C–C–N with tert-alkyl or cyclic N) is 1. The number of aromatic hydroxyl groups is 1. The average Bonchev–Trinajstić information content (AvgIpc) is 2.20. The quantitative estimate of drug-likeness (QED) is 0.778. The maximum Gasteiger partial charge on any atom is 0.161 e. The van der Waals surface area contributed by atoms with Gasteiger partial charge in [-0.3, -0.25) is 0 Å². The Kier molecular flexibility index (Phi) is 3.10. The van der Waals surface area contributed by atoms with Crippen LogP contribution >= 0.6 is 15.9 Å². The first-order valence-electron chi connectivity index (χ1n) is 5.02. The second-order valence-corrected chi connectivity index (χ2v) is 4.97. The van der Waals surface area contributed by atoms with E-state index in [2.05, 4.69) is 21.2 Å². The fourth-order valence-electron chi connectivity index (χ4n) is 1.78. The highest BCUT2D eigenvalue weighted by molar-refractivity contribution is 9.10. The van der Waals surface area contributed by atoms with Crippen molar-refractivity contribution >= 4 is 15.9 Å². The lowest BCUT2D eigenvalue weighted by atomic mass is 9.89. The van der Waals surface area contributed by atoms with Crippen molar-refractivity contribution in [3.05, 3.63) is 22.2 Å². The van der Waals surface area contributed by atoms with Gasteiger partial charge in [-0.25, -0.2) is 0 Å². The van der Waals surface area contributed by atoms with Crippen molar-refractivity contribution in [1.82, 2.24) is 5.32 Å². The van der Waals surface area contributed by atoms with E-state index < -0.39 is 5.60 Å². The highest BCUT2D eigenvalue weighted by Crippen LogP contribution is 2.34. The molecule has 0 aromatic heterocycles. The molecule has 0 aliphatic carbocycles. The minimum atomic E-state index is -0.691. The van der Waals surface area contributed by atoms with Crippen LogP contribution in [0.2, 0.25) is 0 Å². The van der Waals surface area contributed by atoms with Crippen molar-refractivity contribution in [3.63, 3.8) is 0 Å². The van der Waals surface area contributed by atoms with Crippen LogP contribution in [0.3, 0.4) is 0 Å². The lowest BCUT2D eigenvalue weighted by molar-refractivity contribution is -0.00918. The van der Waals surface area contributed by atoms with Gasteiger partial charge < -0.3 is 20.3 Å². The Bertz CT molecular complexity index is 404. The first-order valence-corrected chi connectivity index (χ1v) is 5.82. The normalized spacial score (nSPS) is 17.9. The number of phenolic OH excluding ortho intramolecular Hbond substituents is 1. The largest absolute Gasteiger partial charge is 0.504 e. The molecule has 0 saturated carbocycles. The van der Waals surface area contributed by atoms with Gasteiger partial charge in [0.15, 0.2) is 11.5 Å². The van der Waals surface area contributed by atoms with Gasteiger partial charge in [0, 0.05) is 24.0 Å². The Morgan fingerprint density at radius 3 is 2.69 bits per heavy atom. The molecule has 88 valence electrons. The summed E-state index contributed by atoms with van der Waals surface area (Å²) in [7, 11) is 1.50. The van der Waals surface area contributed by atoms with Crippen molar-refractivity contribution in [2.45, 2.75) is 12.0 Å². The summed E-state index contributed by atoms with van der Waals surface area (Å²) < 4.78 is 5.83. The average molecular weight is 288 g/mol. The maximum absolute atomic E-state index is 10.0. The van der Waals surface area contributed by atoms with Gasteiger partial charge in [0.25, 0.3) is 0 Å². The molecule has 5 heteroatoms. The molecule has 2 rings (SSSR count). The van der Waals surface area contributed by atoms with Crippen LogP contribution in [0.25, 0.3) is 0 Å². The first kappa shape index (κ1) is 11.7. The first-order chi connectivity index (χ1) is 7.54. The molecule has 4 nitrogen and oxygen atoms in total. The van der Waals surface area contributed by atoms with Crippen LogP contribution in [0.4, 0.5) is 0 Å². The Hall–Kier alpha value is -0.780. The van der Waals surface area contributed by atoms with Crippen LogP contribution in [0.15, 0.2) is 16.6 Å². The van der Waals surface area contributed by atoms with Gasteiger partial charge in [-0.15, -0.1) is 0 Å². The smallest absolute Gasteiger partial charge is 0.161 e. The number of hydrogen-bond acceptors (Lipinski definition) is 4. The Balaban J connectivity index is 2.24. The highest BCUT2D eigenvalue weighted by atomic mass is 79.9. The Morgan fingerprint density at radius 1 is 1.50 bits per heavy atom. The van der Waals surface area contributed by atoms with Gasteiger partial charge >= 0.3 is 0 Å². The van der Waals surface area contributed by atoms with E-state index in [1.807, 2.05) is 0 Å². The number of rotatable bonds is 3. The van der Waals surface area contributed by atoms with Gasteiger partial charge in [-0.1, -0.05) is 15.9 Å². The number of halogens is 1. The summed E-state index contributed by atoms with van der Waals surface area (Å²) in [5.41, 5.74) is 0.186. The topological polar surface area (TPSA) is 61.7 Å². The summed E-state index contributed by atoms with van der Waals surface area (Å²) in [6.07, 6.45) is 0.512. The van der Waals surface area contributed by atoms with Crippen LogP contribution < -0.4 is 10.1 Å². The molecular formula is C11H14BrNO3. The third-order valence-corrected chi connectivity index (χ3v) is 3.51. The molecule has 1 aromatic carbocycles. The maximum atomic E-state index is 10.0. The summed E-state index contributed by atoms with van der Waals surface area (Å²) in [6.45, 7) is 1.18. The Morgan fingerprint density at radius 2 is 2.19 bits per heavy atom. The van der Waals surface area contributed by atoms with Crippen molar-refractivity contribution in [2.24, 2.45) is 0 Å². The summed E-state index contributed by atoms with van der Waals surface area (Å²) in [6, 6.07) is 3.33. The van der Waals surface area contributed by atoms with Gasteiger partial charge in [0.2, 0.25) is 0 Å². The third kappa shape index (κ3) is 2.16. The number of nitrogens with one attached hydrogen (secondary N) is 1. The Labute approximate surface area is 102 Å². The van der Waals surface area contributed by atoms with Crippen LogP contribution in [-0.2, 0) is 6.42 Å². The minimum absolute atomic E-state index is 0.0941. The molecule has 0 spiro atoms. The molecule has 1 saturated heterocycles. The van der Waals surface area contributed by atoms with Crippen LogP contribution in [0, 0.1) is 0 Å². The fourth-order valence-corrected chi connectivity index (χ4v) is 2.24. The minimum Gasteiger partial charge on any atom is -0.504 e. The molecule has 0 bridgehead atoms. The molecular weight excluding hydrogens is 274 g/mol. The fraction of sp³-hybridized carbons (Fsp3) is 0.455. The van der Waals surface area contributed by atoms with Crippen LogP contribution in [0.1, 0.15) is 5.56 Å². The molecule has 0 unspecified atom stereocenters. The number of hydrogen-bond donors (Lipinski definition) is 3. The standard InChI is InChI=1S/C11H14BrNO3/c1-16-10-3-8(12)7(2-9(10)14)4-11(15)5-13-6-11/h2-3,13-15H,4-6H2,1H3. The van der Waals surface area contributed by atoms with E-state index in [1.165, 1.54) is 7.11 Å². The molecule has 1 heterocycles. The third-order valence-electron chi connectivity index (χ3n) is 2.78. The van der Waals surface area contributed by atoms with Gasteiger partial charge in [-0.05, 0) is 17.7 Å². The molecule has 16 heavy (non-hydrogen) atoms. The van der Waals surface area contributed by atoms with E-state index in [1.54, 1.807) is 12.1 Å².